The molecule has 192 valence electrons. The van der Waals surface area contributed by atoms with Crippen molar-refractivity contribution in [3.05, 3.63) is 58.9 Å². The van der Waals surface area contributed by atoms with Gasteiger partial charge in [0.15, 0.2) is 0 Å². The summed E-state index contributed by atoms with van der Waals surface area (Å²) in [7, 11) is 3.59. The minimum atomic E-state index is -4.48. The number of benzene rings is 2. The Labute approximate surface area is 209 Å². The monoisotopic (exact) mass is 499 g/mol. The number of nitrogens with two attached hydrogens (primary N) is 1. The van der Waals surface area contributed by atoms with Crippen LogP contribution >= 0.6 is 0 Å². The molecule has 0 saturated heterocycles. The van der Waals surface area contributed by atoms with E-state index in [-0.39, 0.29) is 17.5 Å². The molecule has 1 atom stereocenters. The van der Waals surface area contributed by atoms with Crippen molar-refractivity contribution in [3.63, 3.8) is 0 Å². The first kappa shape index (κ1) is 25.7. The van der Waals surface area contributed by atoms with Gasteiger partial charge in [0, 0.05) is 31.1 Å². The van der Waals surface area contributed by atoms with E-state index in [4.69, 9.17) is 5.73 Å². The summed E-state index contributed by atoms with van der Waals surface area (Å²) in [6, 6.07) is 9.24. The minimum absolute atomic E-state index is 0.0582. The highest BCUT2D eigenvalue weighted by Crippen LogP contribution is 2.38. The first-order valence-corrected chi connectivity index (χ1v) is 12.2. The second-order valence-electron chi connectivity index (χ2n) is 9.93. The van der Waals surface area contributed by atoms with Crippen LogP contribution in [0.2, 0.25) is 0 Å². The molecule has 36 heavy (non-hydrogen) atoms. The molecule has 1 aliphatic rings. The van der Waals surface area contributed by atoms with Crippen LogP contribution in [0.4, 0.5) is 24.7 Å². The van der Waals surface area contributed by atoms with Gasteiger partial charge in [-0.2, -0.15) is 13.2 Å². The van der Waals surface area contributed by atoms with Crippen molar-refractivity contribution >= 4 is 28.3 Å². The zero-order valence-corrected chi connectivity index (χ0v) is 21.0. The van der Waals surface area contributed by atoms with Gasteiger partial charge >= 0.3 is 6.18 Å². The summed E-state index contributed by atoms with van der Waals surface area (Å²) in [6.45, 7) is 3.57. The summed E-state index contributed by atoms with van der Waals surface area (Å²) in [4.78, 5) is 23.1. The quantitative estimate of drug-likeness (QED) is 0.416. The Morgan fingerprint density at radius 3 is 2.42 bits per heavy atom. The highest BCUT2D eigenvalue weighted by molar-refractivity contribution is 5.90. The number of aryl methyl sites for hydroxylation is 1. The standard InChI is InChI=1S/C27H32F3N5O/c1-15(20-11-21(27(28,29)30)14-22(31)12-20)32-25-23-13-19(9-10-24(23)33-16(2)34-25)17-5-7-18(8-6-17)26(36)35(3)4/h9-15,17-18H,5-8,31H2,1-4H3,(H,32,33,34)/t15-,17?,18?/m1/s1. The first-order chi connectivity index (χ1) is 16.9. The van der Waals surface area contributed by atoms with Gasteiger partial charge in [0.25, 0.3) is 0 Å². The number of nitrogen functional groups attached to an aromatic ring is 1. The number of aromatic nitrogens is 2. The lowest BCUT2D eigenvalue weighted by Crippen LogP contribution is -2.31. The highest BCUT2D eigenvalue weighted by atomic mass is 19.4. The van der Waals surface area contributed by atoms with Gasteiger partial charge in [-0.1, -0.05) is 6.07 Å². The summed E-state index contributed by atoms with van der Waals surface area (Å²) in [6.07, 6.45) is -0.935. The Bertz CT molecular complexity index is 1270. The Hall–Kier alpha value is -3.36. The number of carbonyl (C=O) groups is 1. The molecular weight excluding hydrogens is 467 g/mol. The normalized spacial score (nSPS) is 19.2. The third-order valence-corrected chi connectivity index (χ3v) is 6.98. The number of amides is 1. The number of nitrogens with zero attached hydrogens (tertiary/aromatic N) is 3. The maximum absolute atomic E-state index is 13.3. The summed E-state index contributed by atoms with van der Waals surface area (Å²) in [5.41, 5.74) is 7.40. The lowest BCUT2D eigenvalue weighted by Gasteiger charge is -2.29. The van der Waals surface area contributed by atoms with E-state index < -0.39 is 17.8 Å². The molecule has 1 fully saturated rings. The summed E-state index contributed by atoms with van der Waals surface area (Å²) >= 11 is 0. The van der Waals surface area contributed by atoms with Gasteiger partial charge < -0.3 is 16.0 Å². The first-order valence-electron chi connectivity index (χ1n) is 12.2. The van der Waals surface area contributed by atoms with Crippen LogP contribution in [-0.4, -0.2) is 34.9 Å². The fourth-order valence-corrected chi connectivity index (χ4v) is 5.04. The Balaban J connectivity index is 1.60. The van der Waals surface area contributed by atoms with E-state index in [1.165, 1.54) is 0 Å². The number of hydrogen-bond acceptors (Lipinski definition) is 5. The van der Waals surface area contributed by atoms with Crippen LogP contribution in [0.25, 0.3) is 10.9 Å². The zero-order chi connectivity index (χ0) is 26.2. The number of fused-ring (bicyclic) bond motifs is 1. The summed E-state index contributed by atoms with van der Waals surface area (Å²) < 4.78 is 39.9. The minimum Gasteiger partial charge on any atom is -0.399 e. The number of nitrogens with one attached hydrogen (secondary N) is 1. The Morgan fingerprint density at radius 1 is 1.08 bits per heavy atom. The lowest BCUT2D eigenvalue weighted by molar-refractivity contribution is -0.137. The molecule has 2 aromatic carbocycles. The molecule has 0 spiro atoms. The molecule has 1 amide bonds. The predicted molar refractivity (Wildman–Crippen MR) is 136 cm³/mol. The molecule has 3 aromatic rings. The maximum atomic E-state index is 13.3. The molecule has 3 N–H and O–H groups in total. The molecule has 1 aliphatic carbocycles. The summed E-state index contributed by atoms with van der Waals surface area (Å²) in [5, 5.41) is 4.10. The lowest BCUT2D eigenvalue weighted by atomic mass is 9.78. The van der Waals surface area contributed by atoms with Crippen molar-refractivity contribution in [2.45, 2.75) is 57.7 Å². The van der Waals surface area contributed by atoms with Crippen LogP contribution in [0, 0.1) is 12.8 Å². The van der Waals surface area contributed by atoms with Crippen LogP contribution in [-0.2, 0) is 11.0 Å². The number of hydrogen-bond donors (Lipinski definition) is 2. The zero-order valence-electron chi connectivity index (χ0n) is 21.0. The van der Waals surface area contributed by atoms with Gasteiger partial charge in [-0.3, -0.25) is 4.79 Å². The third kappa shape index (κ3) is 5.55. The highest BCUT2D eigenvalue weighted by Gasteiger charge is 2.32. The van der Waals surface area contributed by atoms with Crippen molar-refractivity contribution in [3.8, 4) is 0 Å². The van der Waals surface area contributed by atoms with Gasteiger partial charge in [-0.25, -0.2) is 9.97 Å². The van der Waals surface area contributed by atoms with Gasteiger partial charge in [0.1, 0.15) is 11.6 Å². The number of halogens is 3. The fourth-order valence-electron chi connectivity index (χ4n) is 5.04. The molecule has 4 rings (SSSR count). The van der Waals surface area contributed by atoms with Crippen LogP contribution in [0.3, 0.4) is 0 Å². The van der Waals surface area contributed by atoms with E-state index in [2.05, 4.69) is 27.4 Å². The van der Waals surface area contributed by atoms with Crippen molar-refractivity contribution in [1.82, 2.24) is 14.9 Å². The molecule has 0 aliphatic heterocycles. The van der Waals surface area contributed by atoms with Crippen molar-refractivity contribution in [1.29, 1.82) is 0 Å². The van der Waals surface area contributed by atoms with Crippen LogP contribution < -0.4 is 11.1 Å². The van der Waals surface area contributed by atoms with E-state index in [1.807, 2.05) is 6.07 Å². The molecular formula is C27H32F3N5O. The molecule has 1 heterocycles. The smallest absolute Gasteiger partial charge is 0.399 e. The average molecular weight is 500 g/mol. The molecule has 0 bridgehead atoms. The van der Waals surface area contributed by atoms with E-state index in [1.54, 1.807) is 38.9 Å². The van der Waals surface area contributed by atoms with Gasteiger partial charge in [-0.15, -0.1) is 0 Å². The largest absolute Gasteiger partial charge is 0.416 e. The van der Waals surface area contributed by atoms with Crippen molar-refractivity contribution in [2.75, 3.05) is 25.1 Å². The number of anilines is 2. The molecule has 0 unspecified atom stereocenters. The van der Waals surface area contributed by atoms with E-state index in [9.17, 15) is 18.0 Å². The number of carbonyl (C=O) groups excluding carboxylic acids is 1. The maximum Gasteiger partial charge on any atom is 0.416 e. The Morgan fingerprint density at radius 2 is 1.78 bits per heavy atom. The van der Waals surface area contributed by atoms with Gasteiger partial charge in [-0.05, 0) is 86.9 Å². The van der Waals surface area contributed by atoms with Crippen molar-refractivity contribution < 1.29 is 18.0 Å². The molecule has 1 aromatic heterocycles. The fraction of sp³-hybridized carbons (Fsp3) is 0.444. The van der Waals surface area contributed by atoms with Crippen LogP contribution in [0.1, 0.15) is 67.1 Å². The average Bonchev–Trinajstić information content (AvgIpc) is 2.82. The Kier molecular flexibility index (Phi) is 7.11. The number of rotatable bonds is 5. The van der Waals surface area contributed by atoms with Crippen LogP contribution in [0.15, 0.2) is 36.4 Å². The van der Waals surface area contributed by atoms with Crippen LogP contribution in [0.5, 0.6) is 0 Å². The van der Waals surface area contributed by atoms with E-state index in [0.717, 1.165) is 54.3 Å². The van der Waals surface area contributed by atoms with Gasteiger partial charge in [0.05, 0.1) is 17.1 Å². The molecule has 6 nitrogen and oxygen atoms in total. The molecule has 9 heteroatoms. The molecule has 0 radical (unpaired) electrons. The number of alkyl halides is 3. The van der Waals surface area contributed by atoms with Crippen molar-refractivity contribution in [2.24, 2.45) is 5.92 Å². The predicted octanol–water partition coefficient (Wildman–Crippen LogP) is 6.07. The van der Waals surface area contributed by atoms with E-state index in [0.29, 0.717) is 23.1 Å². The van der Waals surface area contributed by atoms with Gasteiger partial charge in [0.2, 0.25) is 5.91 Å². The molecule has 1 saturated carbocycles. The summed E-state index contributed by atoms with van der Waals surface area (Å²) in [5.74, 6) is 1.72. The van der Waals surface area contributed by atoms with E-state index >= 15 is 0 Å². The SMILES string of the molecule is Cc1nc(N[C@H](C)c2cc(N)cc(C(F)(F)F)c2)c2cc(C3CCC(C(=O)N(C)C)CC3)ccc2n1. The third-order valence-electron chi connectivity index (χ3n) is 6.98. The second-order valence-corrected chi connectivity index (χ2v) is 9.93. The topological polar surface area (TPSA) is 84.1 Å². The second kappa shape index (κ2) is 9.95.